The lowest BCUT2D eigenvalue weighted by atomic mass is 9.72. The van der Waals surface area contributed by atoms with Crippen molar-refractivity contribution in [1.82, 2.24) is 0 Å². The molecule has 1 heteroatoms. The van der Waals surface area contributed by atoms with E-state index in [2.05, 4.69) is 12.7 Å². The summed E-state index contributed by atoms with van der Waals surface area (Å²) < 4.78 is 0. The third-order valence-corrected chi connectivity index (χ3v) is 2.94. The Hall–Kier alpha value is -0.850. The molecule has 12 heavy (non-hydrogen) atoms. The molecule has 0 bridgehead atoms. The molecule has 0 spiro atoms. The first-order chi connectivity index (χ1) is 5.77. The normalized spacial score (nSPS) is 35.0. The fourth-order valence-corrected chi connectivity index (χ4v) is 2.29. The van der Waals surface area contributed by atoms with E-state index in [9.17, 15) is 4.79 Å². The summed E-state index contributed by atoms with van der Waals surface area (Å²) in [5, 5.41) is 0. The number of hydrogen-bond acceptors (Lipinski definition) is 1. The SMILES string of the molecule is C=C1C=CC2C(=O)CCCC2C1. The third kappa shape index (κ3) is 1.24. The molecule has 0 amide bonds. The van der Waals surface area contributed by atoms with Gasteiger partial charge in [0.2, 0.25) is 0 Å². The molecule has 2 aliphatic carbocycles. The molecule has 64 valence electrons. The highest BCUT2D eigenvalue weighted by Gasteiger charge is 2.31. The predicted molar refractivity (Wildman–Crippen MR) is 48.7 cm³/mol. The molecule has 0 saturated heterocycles. The van der Waals surface area contributed by atoms with E-state index >= 15 is 0 Å². The molecule has 2 rings (SSSR count). The lowest BCUT2D eigenvalue weighted by molar-refractivity contribution is -0.124. The molecule has 0 aromatic rings. The Bertz CT molecular complexity index is 250. The minimum Gasteiger partial charge on any atom is -0.299 e. The molecule has 2 aliphatic rings. The van der Waals surface area contributed by atoms with Crippen LogP contribution in [0.2, 0.25) is 0 Å². The molecule has 0 aromatic carbocycles. The Morgan fingerprint density at radius 2 is 2.33 bits per heavy atom. The summed E-state index contributed by atoms with van der Waals surface area (Å²) in [6.07, 6.45) is 8.19. The maximum Gasteiger partial charge on any atom is 0.140 e. The maximum absolute atomic E-state index is 11.5. The van der Waals surface area contributed by atoms with Gasteiger partial charge >= 0.3 is 0 Å². The quantitative estimate of drug-likeness (QED) is 0.535. The number of Topliss-reactive ketones (excluding diaryl/α,β-unsaturated/α-hetero) is 1. The zero-order valence-electron chi connectivity index (χ0n) is 7.25. The van der Waals surface area contributed by atoms with E-state index in [4.69, 9.17) is 0 Å². The maximum atomic E-state index is 11.5. The number of hydrogen-bond donors (Lipinski definition) is 0. The van der Waals surface area contributed by atoms with Crippen LogP contribution in [0.4, 0.5) is 0 Å². The van der Waals surface area contributed by atoms with Gasteiger partial charge in [0.1, 0.15) is 5.78 Å². The molecule has 0 heterocycles. The Kier molecular flexibility index (Phi) is 1.87. The monoisotopic (exact) mass is 162 g/mol. The molecule has 1 nitrogen and oxygen atoms in total. The van der Waals surface area contributed by atoms with Gasteiger partial charge in [-0.15, -0.1) is 0 Å². The van der Waals surface area contributed by atoms with Crippen LogP contribution in [0.1, 0.15) is 25.7 Å². The highest BCUT2D eigenvalue weighted by Crippen LogP contribution is 2.36. The predicted octanol–water partition coefficient (Wildman–Crippen LogP) is 2.49. The molecule has 2 unspecified atom stereocenters. The van der Waals surface area contributed by atoms with Crippen LogP contribution in [0.25, 0.3) is 0 Å². The van der Waals surface area contributed by atoms with Crippen molar-refractivity contribution < 1.29 is 4.79 Å². The van der Waals surface area contributed by atoms with Crippen LogP contribution < -0.4 is 0 Å². The van der Waals surface area contributed by atoms with Gasteiger partial charge in [0.15, 0.2) is 0 Å². The summed E-state index contributed by atoms with van der Waals surface area (Å²) >= 11 is 0. The molecule has 0 aromatic heterocycles. The first-order valence-electron chi connectivity index (χ1n) is 4.66. The minimum atomic E-state index is 0.226. The van der Waals surface area contributed by atoms with Gasteiger partial charge in [-0.2, -0.15) is 0 Å². The van der Waals surface area contributed by atoms with Crippen molar-refractivity contribution in [3.63, 3.8) is 0 Å². The second-order valence-corrected chi connectivity index (χ2v) is 3.87. The molecule has 1 fully saturated rings. The Labute approximate surface area is 73.2 Å². The summed E-state index contributed by atoms with van der Waals surface area (Å²) in [6.45, 7) is 3.93. The van der Waals surface area contributed by atoms with Crippen molar-refractivity contribution >= 4 is 5.78 Å². The highest BCUT2D eigenvalue weighted by molar-refractivity contribution is 5.84. The first kappa shape index (κ1) is 7.78. The number of ketones is 1. The lowest BCUT2D eigenvalue weighted by Gasteiger charge is -2.31. The van der Waals surface area contributed by atoms with Crippen LogP contribution in [-0.2, 0) is 4.79 Å². The standard InChI is InChI=1S/C11H14O/c1-8-5-6-10-9(7-8)3-2-4-11(10)12/h5-6,9-10H,1-4,7H2. The summed E-state index contributed by atoms with van der Waals surface area (Å²) in [7, 11) is 0. The van der Waals surface area contributed by atoms with E-state index < -0.39 is 0 Å². The average molecular weight is 162 g/mol. The van der Waals surface area contributed by atoms with Gasteiger partial charge in [-0.05, 0) is 25.2 Å². The van der Waals surface area contributed by atoms with Gasteiger partial charge in [-0.3, -0.25) is 4.79 Å². The Morgan fingerprint density at radius 1 is 1.50 bits per heavy atom. The number of carbonyl (C=O) groups is 1. The number of carbonyl (C=O) groups excluding carboxylic acids is 1. The smallest absolute Gasteiger partial charge is 0.140 e. The molecular weight excluding hydrogens is 148 g/mol. The topological polar surface area (TPSA) is 17.1 Å². The van der Waals surface area contributed by atoms with Gasteiger partial charge in [0.25, 0.3) is 0 Å². The lowest BCUT2D eigenvalue weighted by Crippen LogP contribution is -2.28. The van der Waals surface area contributed by atoms with E-state index in [1.54, 1.807) is 0 Å². The van der Waals surface area contributed by atoms with E-state index in [-0.39, 0.29) is 5.92 Å². The van der Waals surface area contributed by atoms with E-state index in [0.717, 1.165) is 19.3 Å². The van der Waals surface area contributed by atoms with Gasteiger partial charge < -0.3 is 0 Å². The van der Waals surface area contributed by atoms with Gasteiger partial charge in [-0.25, -0.2) is 0 Å². The number of allylic oxidation sites excluding steroid dienone is 3. The second kappa shape index (κ2) is 2.89. The largest absolute Gasteiger partial charge is 0.299 e. The first-order valence-corrected chi connectivity index (χ1v) is 4.66. The zero-order valence-corrected chi connectivity index (χ0v) is 7.25. The van der Waals surface area contributed by atoms with E-state index in [1.165, 1.54) is 12.0 Å². The number of fused-ring (bicyclic) bond motifs is 1. The van der Waals surface area contributed by atoms with Crippen LogP contribution in [0.5, 0.6) is 0 Å². The Morgan fingerprint density at radius 3 is 3.17 bits per heavy atom. The second-order valence-electron chi connectivity index (χ2n) is 3.87. The third-order valence-electron chi connectivity index (χ3n) is 2.94. The van der Waals surface area contributed by atoms with Crippen molar-refractivity contribution in [2.24, 2.45) is 11.8 Å². The van der Waals surface area contributed by atoms with Gasteiger partial charge in [0, 0.05) is 12.3 Å². The minimum absolute atomic E-state index is 0.226. The van der Waals surface area contributed by atoms with Crippen molar-refractivity contribution in [3.05, 3.63) is 24.3 Å². The van der Waals surface area contributed by atoms with Crippen LogP contribution in [0.3, 0.4) is 0 Å². The molecule has 2 atom stereocenters. The van der Waals surface area contributed by atoms with Crippen molar-refractivity contribution in [3.8, 4) is 0 Å². The van der Waals surface area contributed by atoms with E-state index in [0.29, 0.717) is 11.7 Å². The van der Waals surface area contributed by atoms with Gasteiger partial charge in [-0.1, -0.05) is 24.3 Å². The summed E-state index contributed by atoms with van der Waals surface area (Å²) in [6, 6.07) is 0. The van der Waals surface area contributed by atoms with E-state index in [1.807, 2.05) is 6.08 Å². The molecular formula is C11H14O. The van der Waals surface area contributed by atoms with Crippen LogP contribution in [-0.4, -0.2) is 5.78 Å². The summed E-state index contributed by atoms with van der Waals surface area (Å²) in [5.41, 5.74) is 1.19. The van der Waals surface area contributed by atoms with Crippen molar-refractivity contribution in [2.75, 3.05) is 0 Å². The van der Waals surface area contributed by atoms with Crippen molar-refractivity contribution in [2.45, 2.75) is 25.7 Å². The average Bonchev–Trinajstić information content (AvgIpc) is 2.04. The van der Waals surface area contributed by atoms with Gasteiger partial charge in [0.05, 0.1) is 0 Å². The van der Waals surface area contributed by atoms with Crippen LogP contribution in [0, 0.1) is 11.8 Å². The molecule has 0 radical (unpaired) electrons. The summed E-state index contributed by atoms with van der Waals surface area (Å²) in [5.74, 6) is 1.24. The Balaban J connectivity index is 2.21. The fraction of sp³-hybridized carbons (Fsp3) is 0.545. The highest BCUT2D eigenvalue weighted by atomic mass is 16.1. The van der Waals surface area contributed by atoms with Crippen LogP contribution >= 0.6 is 0 Å². The zero-order chi connectivity index (χ0) is 8.55. The van der Waals surface area contributed by atoms with Crippen molar-refractivity contribution in [1.29, 1.82) is 0 Å². The molecule has 0 N–H and O–H groups in total. The van der Waals surface area contributed by atoms with Crippen LogP contribution in [0.15, 0.2) is 24.3 Å². The fourth-order valence-electron chi connectivity index (χ4n) is 2.29. The number of rotatable bonds is 0. The molecule has 0 aliphatic heterocycles. The summed E-state index contributed by atoms with van der Waals surface area (Å²) in [4.78, 5) is 11.5. The molecule has 1 saturated carbocycles.